The van der Waals surface area contributed by atoms with Crippen molar-refractivity contribution in [3.8, 4) is 5.75 Å². The molecule has 1 aromatic carbocycles. The second-order valence-electron chi connectivity index (χ2n) is 8.29. The Morgan fingerprint density at radius 1 is 1.19 bits per heavy atom. The number of benzene rings is 1. The summed E-state index contributed by atoms with van der Waals surface area (Å²) < 4.78 is 11.1. The average Bonchev–Trinajstić information content (AvgIpc) is 3.18. The molecule has 174 valence electrons. The Morgan fingerprint density at radius 2 is 1.97 bits per heavy atom. The number of thiazole rings is 1. The normalized spacial score (nSPS) is 11.7. The van der Waals surface area contributed by atoms with Gasteiger partial charge in [-0.25, -0.2) is 4.98 Å². The molecule has 2 aromatic rings. The molecule has 0 radical (unpaired) electrons. The molecule has 0 aliphatic carbocycles. The molecular weight excluding hydrogens is 523 g/mol. The molecule has 0 saturated heterocycles. The molecule has 0 spiro atoms. The number of hydrogen-bond acceptors (Lipinski definition) is 5. The van der Waals surface area contributed by atoms with Gasteiger partial charge in [-0.05, 0) is 18.6 Å². The second-order valence-corrected chi connectivity index (χ2v) is 9.23. The first-order valence-corrected chi connectivity index (χ1v) is 11.3. The topological polar surface area (TPSA) is 67.8 Å². The Bertz CT molecular complexity index is 818. The van der Waals surface area contributed by atoms with Gasteiger partial charge in [0.2, 0.25) is 0 Å². The summed E-state index contributed by atoms with van der Waals surface area (Å²) in [5, 5.41) is 10.1. The van der Waals surface area contributed by atoms with Crippen LogP contribution in [0.15, 0.2) is 28.6 Å². The molecule has 6 nitrogen and oxygen atoms in total. The Balaban J connectivity index is 0.00000480. The van der Waals surface area contributed by atoms with E-state index in [9.17, 15) is 0 Å². The smallest absolute Gasteiger partial charge is 0.191 e. The van der Waals surface area contributed by atoms with Crippen LogP contribution in [-0.4, -0.2) is 44.9 Å². The highest BCUT2D eigenvalue weighted by Gasteiger charge is 2.17. The minimum atomic E-state index is 0. The number of aryl methyl sites for hydroxylation is 1. The lowest BCUT2D eigenvalue weighted by atomic mass is 9.93. The Hall–Kier alpha value is -1.39. The summed E-state index contributed by atoms with van der Waals surface area (Å²) in [4.78, 5) is 9.08. The first-order valence-electron chi connectivity index (χ1n) is 10.4. The maximum Gasteiger partial charge on any atom is 0.191 e. The first-order chi connectivity index (χ1) is 14.3. The van der Waals surface area contributed by atoms with Gasteiger partial charge < -0.3 is 20.1 Å². The molecule has 0 atom stereocenters. The molecule has 0 bridgehead atoms. The van der Waals surface area contributed by atoms with Crippen LogP contribution in [0.3, 0.4) is 0 Å². The van der Waals surface area contributed by atoms with Gasteiger partial charge >= 0.3 is 0 Å². The number of hydrogen-bond donors (Lipinski definition) is 2. The number of rotatable bonds is 10. The van der Waals surface area contributed by atoms with Crippen molar-refractivity contribution in [1.29, 1.82) is 0 Å². The van der Waals surface area contributed by atoms with Crippen LogP contribution in [0.4, 0.5) is 0 Å². The monoisotopic (exact) mass is 560 g/mol. The minimum Gasteiger partial charge on any atom is -0.493 e. The van der Waals surface area contributed by atoms with Crippen molar-refractivity contribution in [3.63, 3.8) is 0 Å². The van der Waals surface area contributed by atoms with E-state index in [1.54, 1.807) is 25.5 Å². The van der Waals surface area contributed by atoms with Crippen LogP contribution in [-0.2, 0) is 23.1 Å². The summed E-state index contributed by atoms with van der Waals surface area (Å²) in [6.07, 6.45) is 1.74. The van der Waals surface area contributed by atoms with Crippen molar-refractivity contribution in [3.05, 3.63) is 45.4 Å². The number of guanidine groups is 1. The quantitative estimate of drug-likeness (QED) is 0.191. The van der Waals surface area contributed by atoms with Crippen molar-refractivity contribution >= 4 is 41.3 Å². The average molecular weight is 561 g/mol. The molecule has 1 heterocycles. The van der Waals surface area contributed by atoms with Gasteiger partial charge in [0.25, 0.3) is 0 Å². The maximum atomic E-state index is 5.97. The van der Waals surface area contributed by atoms with Crippen LogP contribution in [0.1, 0.15) is 49.0 Å². The molecule has 0 aliphatic heterocycles. The lowest BCUT2D eigenvalue weighted by Crippen LogP contribution is -2.38. The maximum absolute atomic E-state index is 5.97. The molecule has 0 fully saturated rings. The Labute approximate surface area is 208 Å². The molecule has 0 saturated carbocycles. The van der Waals surface area contributed by atoms with E-state index in [-0.39, 0.29) is 29.4 Å². The van der Waals surface area contributed by atoms with E-state index in [1.165, 1.54) is 5.56 Å². The summed E-state index contributed by atoms with van der Waals surface area (Å²) in [5.41, 5.74) is 3.54. The first kappa shape index (κ1) is 27.6. The van der Waals surface area contributed by atoms with Crippen molar-refractivity contribution in [2.24, 2.45) is 4.99 Å². The lowest BCUT2D eigenvalue weighted by molar-refractivity contribution is 0.171. The van der Waals surface area contributed by atoms with Crippen LogP contribution < -0.4 is 15.4 Å². The standard InChI is InChI=1S/C23H36N4O2S.HI/c1-17-8-9-18(19(14-17)29-13-7-12-28-6)15-26-22(24-5)25-11-10-21-27-20(16-30-21)23(2,3)4;/h8-9,14,16H,7,10-13,15H2,1-6H3,(H2,24,25,26);1H. The predicted octanol–water partition coefficient (Wildman–Crippen LogP) is 4.69. The largest absolute Gasteiger partial charge is 0.493 e. The number of ether oxygens (including phenoxy) is 2. The fourth-order valence-corrected chi connectivity index (χ4v) is 3.81. The third-order valence-electron chi connectivity index (χ3n) is 4.59. The van der Waals surface area contributed by atoms with Crippen molar-refractivity contribution < 1.29 is 9.47 Å². The van der Waals surface area contributed by atoms with Crippen molar-refractivity contribution in [2.45, 2.75) is 52.5 Å². The molecule has 0 amide bonds. The molecule has 2 rings (SSSR count). The highest BCUT2D eigenvalue weighted by molar-refractivity contribution is 14.0. The fourth-order valence-electron chi connectivity index (χ4n) is 2.79. The zero-order valence-electron chi connectivity index (χ0n) is 19.6. The highest BCUT2D eigenvalue weighted by Crippen LogP contribution is 2.24. The number of nitrogens with zero attached hydrogens (tertiary/aromatic N) is 2. The van der Waals surface area contributed by atoms with E-state index in [4.69, 9.17) is 14.5 Å². The van der Waals surface area contributed by atoms with Gasteiger partial charge in [0.1, 0.15) is 5.75 Å². The number of aliphatic imine (C=N–C) groups is 1. The van der Waals surface area contributed by atoms with Crippen LogP contribution in [0, 0.1) is 6.92 Å². The summed E-state index contributed by atoms with van der Waals surface area (Å²) in [6, 6.07) is 6.28. The number of methoxy groups -OCH3 is 1. The molecule has 0 unspecified atom stereocenters. The highest BCUT2D eigenvalue weighted by atomic mass is 127. The summed E-state index contributed by atoms with van der Waals surface area (Å²) in [6.45, 7) is 11.4. The van der Waals surface area contributed by atoms with Crippen LogP contribution in [0.5, 0.6) is 5.75 Å². The SMILES string of the molecule is CN=C(NCCc1nc(C(C)(C)C)cs1)NCc1ccc(C)cc1OCCCOC.I. The number of nitrogens with one attached hydrogen (secondary N) is 2. The van der Waals surface area contributed by atoms with Crippen LogP contribution in [0.2, 0.25) is 0 Å². The molecule has 2 N–H and O–H groups in total. The van der Waals surface area contributed by atoms with Gasteiger partial charge in [0, 0.05) is 63.1 Å². The van der Waals surface area contributed by atoms with Crippen LogP contribution in [0.25, 0.3) is 0 Å². The van der Waals surface area contributed by atoms with E-state index in [0.717, 1.165) is 47.4 Å². The third kappa shape index (κ3) is 9.74. The fraction of sp³-hybridized carbons (Fsp3) is 0.565. The molecule has 8 heteroatoms. The predicted molar refractivity (Wildman–Crippen MR) is 141 cm³/mol. The van der Waals surface area contributed by atoms with E-state index >= 15 is 0 Å². The van der Waals surface area contributed by atoms with Gasteiger partial charge in [-0.3, -0.25) is 4.99 Å². The molecular formula is C23H37IN4O2S. The van der Waals surface area contributed by atoms with E-state index in [0.29, 0.717) is 19.8 Å². The van der Waals surface area contributed by atoms with Gasteiger partial charge in [0.15, 0.2) is 5.96 Å². The minimum absolute atomic E-state index is 0. The number of halogens is 1. The zero-order chi connectivity index (χ0) is 22.0. The van der Waals surface area contributed by atoms with E-state index < -0.39 is 0 Å². The van der Waals surface area contributed by atoms with Crippen LogP contribution >= 0.6 is 35.3 Å². The molecule has 0 aliphatic rings. The summed E-state index contributed by atoms with van der Waals surface area (Å²) >= 11 is 1.72. The lowest BCUT2D eigenvalue weighted by Gasteiger charge is -2.15. The molecule has 1 aromatic heterocycles. The van der Waals surface area contributed by atoms with E-state index in [1.807, 2.05) is 0 Å². The summed E-state index contributed by atoms with van der Waals surface area (Å²) in [5.74, 6) is 1.68. The number of aromatic nitrogens is 1. The van der Waals surface area contributed by atoms with Gasteiger partial charge in [0.05, 0.1) is 17.3 Å². The molecule has 31 heavy (non-hydrogen) atoms. The van der Waals surface area contributed by atoms with Gasteiger partial charge in [-0.15, -0.1) is 35.3 Å². The summed E-state index contributed by atoms with van der Waals surface area (Å²) in [7, 11) is 3.49. The third-order valence-corrected chi connectivity index (χ3v) is 5.50. The van der Waals surface area contributed by atoms with Crippen molar-refractivity contribution in [1.82, 2.24) is 15.6 Å². The Kier molecular flexibility index (Phi) is 12.4. The van der Waals surface area contributed by atoms with Gasteiger partial charge in [-0.2, -0.15) is 0 Å². The Morgan fingerprint density at radius 3 is 2.61 bits per heavy atom. The van der Waals surface area contributed by atoms with E-state index in [2.05, 4.69) is 66.9 Å². The zero-order valence-corrected chi connectivity index (χ0v) is 22.7. The van der Waals surface area contributed by atoms with Crippen molar-refractivity contribution in [2.75, 3.05) is 33.9 Å². The second kappa shape index (κ2) is 13.9. The van der Waals surface area contributed by atoms with Gasteiger partial charge in [-0.1, -0.05) is 32.9 Å².